The predicted octanol–water partition coefficient (Wildman–Crippen LogP) is 1.95. The fourth-order valence-corrected chi connectivity index (χ4v) is 3.21. The Morgan fingerprint density at radius 2 is 2.10 bits per heavy atom. The number of rotatable bonds is 3. The molecule has 1 heterocycles. The molecule has 7 heteroatoms. The Bertz CT molecular complexity index is 594. The summed E-state index contributed by atoms with van der Waals surface area (Å²) >= 11 is 3.12. The Labute approximate surface area is 123 Å². The Hall–Kier alpha value is -1.47. The van der Waals surface area contributed by atoms with E-state index in [1.807, 2.05) is 0 Å². The molecule has 0 spiro atoms. The minimum absolute atomic E-state index is 0.131. The summed E-state index contributed by atoms with van der Waals surface area (Å²) in [5.74, 6) is 0.0194. The molecule has 1 aliphatic carbocycles. The largest absolute Gasteiger partial charge is 0.386 e. The molecule has 1 saturated carbocycles. The minimum Gasteiger partial charge on any atom is -0.386 e. The highest BCUT2D eigenvalue weighted by Gasteiger charge is 2.53. The van der Waals surface area contributed by atoms with E-state index in [0.717, 1.165) is 12.8 Å². The molecular formula is C13H13BrN2O4. The van der Waals surface area contributed by atoms with E-state index in [-0.39, 0.29) is 21.6 Å². The molecule has 3 rings (SSSR count). The zero-order valence-corrected chi connectivity index (χ0v) is 12.2. The summed E-state index contributed by atoms with van der Waals surface area (Å²) in [4.78, 5) is 24.2. The molecule has 1 aromatic rings. The smallest absolute Gasteiger partial charge is 0.284 e. The van der Waals surface area contributed by atoms with Crippen LogP contribution in [0.15, 0.2) is 22.7 Å². The van der Waals surface area contributed by atoms with Gasteiger partial charge >= 0.3 is 0 Å². The van der Waals surface area contributed by atoms with Crippen molar-refractivity contribution < 1.29 is 14.8 Å². The first-order valence-corrected chi connectivity index (χ1v) is 7.16. The van der Waals surface area contributed by atoms with Crippen molar-refractivity contribution >= 4 is 27.5 Å². The van der Waals surface area contributed by atoms with E-state index in [2.05, 4.69) is 15.9 Å². The fourth-order valence-electron chi connectivity index (χ4n) is 2.63. The molecule has 1 amide bonds. The maximum Gasteiger partial charge on any atom is 0.284 e. The number of carbonyl (C=O) groups is 1. The number of nitro groups is 1. The van der Waals surface area contributed by atoms with Crippen molar-refractivity contribution in [2.24, 2.45) is 5.92 Å². The highest BCUT2D eigenvalue weighted by atomic mass is 79.9. The number of benzene rings is 1. The van der Waals surface area contributed by atoms with Gasteiger partial charge in [0.1, 0.15) is 10.1 Å². The van der Waals surface area contributed by atoms with Crippen LogP contribution in [-0.2, 0) is 0 Å². The molecule has 0 unspecified atom stereocenters. The van der Waals surface area contributed by atoms with Crippen LogP contribution >= 0.6 is 15.9 Å². The van der Waals surface area contributed by atoms with Gasteiger partial charge in [0.25, 0.3) is 11.6 Å². The molecule has 20 heavy (non-hydrogen) atoms. The maximum absolute atomic E-state index is 12.3. The maximum atomic E-state index is 12.3. The summed E-state index contributed by atoms with van der Waals surface area (Å²) in [7, 11) is 0. The van der Waals surface area contributed by atoms with Crippen LogP contribution < -0.4 is 0 Å². The van der Waals surface area contributed by atoms with Gasteiger partial charge in [0.15, 0.2) is 0 Å². The molecule has 0 radical (unpaired) electrons. The third-order valence-corrected chi connectivity index (χ3v) is 4.79. The molecule has 0 aromatic heterocycles. The van der Waals surface area contributed by atoms with Crippen LogP contribution in [0.25, 0.3) is 0 Å². The highest BCUT2D eigenvalue weighted by molar-refractivity contribution is 9.10. The molecule has 106 valence electrons. The molecular weight excluding hydrogens is 328 g/mol. The molecule has 0 bridgehead atoms. The molecule has 6 nitrogen and oxygen atoms in total. The van der Waals surface area contributed by atoms with Crippen LogP contribution in [0.3, 0.4) is 0 Å². The second-order valence-corrected chi connectivity index (χ2v) is 6.23. The zero-order valence-electron chi connectivity index (χ0n) is 10.6. The monoisotopic (exact) mass is 340 g/mol. The van der Waals surface area contributed by atoms with Crippen molar-refractivity contribution in [3.05, 3.63) is 38.3 Å². The van der Waals surface area contributed by atoms with E-state index in [4.69, 9.17) is 0 Å². The predicted molar refractivity (Wildman–Crippen MR) is 74.4 cm³/mol. The van der Waals surface area contributed by atoms with E-state index >= 15 is 0 Å². The molecule has 2 aliphatic rings. The van der Waals surface area contributed by atoms with Crippen LogP contribution in [0, 0.1) is 16.0 Å². The van der Waals surface area contributed by atoms with E-state index < -0.39 is 10.5 Å². The van der Waals surface area contributed by atoms with Gasteiger partial charge in [0, 0.05) is 6.07 Å². The number of nitrogens with zero attached hydrogens (tertiary/aromatic N) is 2. The average molecular weight is 341 g/mol. The van der Waals surface area contributed by atoms with Gasteiger partial charge in [0.05, 0.1) is 23.6 Å². The summed E-state index contributed by atoms with van der Waals surface area (Å²) in [5, 5.41) is 21.1. The number of hydrogen-bond acceptors (Lipinski definition) is 4. The second kappa shape index (κ2) is 4.53. The van der Waals surface area contributed by atoms with Gasteiger partial charge in [-0.2, -0.15) is 0 Å². The lowest BCUT2D eigenvalue weighted by Crippen LogP contribution is -2.64. The lowest BCUT2D eigenvalue weighted by molar-refractivity contribution is -0.385. The number of aliphatic hydroxyl groups is 1. The standard InChI is InChI=1S/C13H13BrN2O4/c14-11-9(2-1-3-10(11)16(19)20)12(17)15-6-13(18,7-15)8-4-5-8/h1-3,8,18H,4-7H2. The van der Waals surface area contributed by atoms with Crippen LogP contribution in [0.2, 0.25) is 0 Å². The van der Waals surface area contributed by atoms with Crippen LogP contribution in [0.5, 0.6) is 0 Å². The number of likely N-dealkylation sites (tertiary alicyclic amines) is 1. The SMILES string of the molecule is O=C(c1cccc([N+](=O)[O-])c1Br)N1CC(O)(C2CC2)C1. The van der Waals surface area contributed by atoms with E-state index in [1.54, 1.807) is 6.07 Å². The van der Waals surface area contributed by atoms with E-state index in [1.165, 1.54) is 17.0 Å². The lowest BCUT2D eigenvalue weighted by atomic mass is 9.88. The third kappa shape index (κ3) is 2.10. The summed E-state index contributed by atoms with van der Waals surface area (Å²) < 4.78 is 0.192. The molecule has 1 saturated heterocycles. The number of nitro benzene ring substituents is 1. The van der Waals surface area contributed by atoms with Gasteiger partial charge in [-0.25, -0.2) is 0 Å². The van der Waals surface area contributed by atoms with Crippen molar-refractivity contribution in [2.45, 2.75) is 18.4 Å². The quantitative estimate of drug-likeness (QED) is 0.673. The van der Waals surface area contributed by atoms with Crippen molar-refractivity contribution in [3.63, 3.8) is 0 Å². The van der Waals surface area contributed by atoms with Gasteiger partial charge in [-0.15, -0.1) is 0 Å². The van der Waals surface area contributed by atoms with Crippen molar-refractivity contribution in [2.75, 3.05) is 13.1 Å². The minimum atomic E-state index is -0.747. The van der Waals surface area contributed by atoms with Gasteiger partial charge in [0.2, 0.25) is 0 Å². The average Bonchev–Trinajstić information content (AvgIpc) is 3.18. The molecule has 1 N–H and O–H groups in total. The Balaban J connectivity index is 1.79. The van der Waals surface area contributed by atoms with Gasteiger partial charge in [-0.3, -0.25) is 14.9 Å². The topological polar surface area (TPSA) is 83.7 Å². The van der Waals surface area contributed by atoms with Crippen LogP contribution in [0.1, 0.15) is 23.2 Å². The Morgan fingerprint density at radius 3 is 2.65 bits per heavy atom. The van der Waals surface area contributed by atoms with Gasteiger partial charge < -0.3 is 10.0 Å². The Morgan fingerprint density at radius 1 is 1.45 bits per heavy atom. The summed E-state index contributed by atoms with van der Waals surface area (Å²) in [6.45, 7) is 0.622. The molecule has 0 atom stereocenters. The first kappa shape index (κ1) is 13.5. The third-order valence-electron chi connectivity index (χ3n) is 3.96. The summed E-state index contributed by atoms with van der Waals surface area (Å²) in [6.07, 6.45) is 2.03. The fraction of sp³-hybridized carbons (Fsp3) is 0.462. The van der Waals surface area contributed by atoms with Crippen molar-refractivity contribution in [3.8, 4) is 0 Å². The van der Waals surface area contributed by atoms with Crippen molar-refractivity contribution in [1.29, 1.82) is 0 Å². The van der Waals surface area contributed by atoms with Crippen LogP contribution in [-0.4, -0.2) is 39.5 Å². The van der Waals surface area contributed by atoms with E-state index in [9.17, 15) is 20.0 Å². The van der Waals surface area contributed by atoms with Gasteiger partial charge in [-0.1, -0.05) is 6.07 Å². The summed E-state index contributed by atoms with van der Waals surface area (Å²) in [6, 6.07) is 4.38. The molecule has 2 fully saturated rings. The normalized spacial score (nSPS) is 20.4. The zero-order chi connectivity index (χ0) is 14.5. The highest BCUT2D eigenvalue weighted by Crippen LogP contribution is 2.45. The van der Waals surface area contributed by atoms with Gasteiger partial charge in [-0.05, 0) is 40.8 Å². The van der Waals surface area contributed by atoms with Crippen LogP contribution in [0.4, 0.5) is 5.69 Å². The van der Waals surface area contributed by atoms with E-state index in [0.29, 0.717) is 19.0 Å². The summed E-state index contributed by atoms with van der Waals surface area (Å²) in [5.41, 5.74) is -0.617. The number of carbonyl (C=O) groups excluding carboxylic acids is 1. The first-order chi connectivity index (χ1) is 9.42. The van der Waals surface area contributed by atoms with Crippen molar-refractivity contribution in [1.82, 2.24) is 4.90 Å². The first-order valence-electron chi connectivity index (χ1n) is 6.37. The Kier molecular flexibility index (Phi) is 3.06. The second-order valence-electron chi connectivity index (χ2n) is 5.43. The number of hydrogen-bond donors (Lipinski definition) is 1. The number of halogens is 1. The number of β-amino-alcohol motifs (C(OH)–C–C–N with tert-alkyl or cyclic N) is 1. The lowest BCUT2D eigenvalue weighted by Gasteiger charge is -2.47. The number of amides is 1. The molecule has 1 aliphatic heterocycles. The molecule has 1 aromatic carbocycles.